The molecule has 4 nitrogen and oxygen atoms in total. The van der Waals surface area contributed by atoms with E-state index in [0.29, 0.717) is 5.02 Å². The smallest absolute Gasteiger partial charge is 0.263 e. The van der Waals surface area contributed by atoms with Gasteiger partial charge in [-0.15, -0.1) is 0 Å². The first-order chi connectivity index (χ1) is 9.83. The second-order valence-electron chi connectivity index (χ2n) is 3.99. The van der Waals surface area contributed by atoms with Crippen molar-refractivity contribution in [1.82, 2.24) is 0 Å². The van der Waals surface area contributed by atoms with E-state index in [1.54, 1.807) is 0 Å². The Hall–Kier alpha value is -1.45. The van der Waals surface area contributed by atoms with Crippen molar-refractivity contribution in [1.29, 1.82) is 5.26 Å². The van der Waals surface area contributed by atoms with Crippen LogP contribution in [0.5, 0.6) is 0 Å². The van der Waals surface area contributed by atoms with Crippen molar-refractivity contribution in [3.05, 3.63) is 57.0 Å². The van der Waals surface area contributed by atoms with Crippen molar-refractivity contribution in [2.24, 2.45) is 0 Å². The van der Waals surface area contributed by atoms with E-state index < -0.39 is 10.0 Å². The second-order valence-corrected chi connectivity index (χ2v) is 6.89. The summed E-state index contributed by atoms with van der Waals surface area (Å²) in [4.78, 5) is -0.209. The number of benzene rings is 2. The molecule has 0 spiro atoms. The van der Waals surface area contributed by atoms with Crippen LogP contribution in [0.1, 0.15) is 5.56 Å². The Labute approximate surface area is 136 Å². The van der Waals surface area contributed by atoms with Crippen LogP contribution in [0.2, 0.25) is 15.1 Å². The van der Waals surface area contributed by atoms with Crippen molar-refractivity contribution in [2.75, 3.05) is 4.72 Å². The van der Waals surface area contributed by atoms with Gasteiger partial charge in [-0.1, -0.05) is 34.8 Å². The van der Waals surface area contributed by atoms with E-state index in [-0.39, 0.29) is 26.2 Å². The molecule has 0 bridgehead atoms. The summed E-state index contributed by atoms with van der Waals surface area (Å²) in [6.07, 6.45) is 0. The Morgan fingerprint density at radius 3 is 2.33 bits per heavy atom. The quantitative estimate of drug-likeness (QED) is 0.885. The Bertz CT molecular complexity index is 845. The van der Waals surface area contributed by atoms with Gasteiger partial charge in [-0.05, 0) is 36.4 Å². The lowest BCUT2D eigenvalue weighted by molar-refractivity contribution is 0.601. The van der Waals surface area contributed by atoms with Gasteiger partial charge < -0.3 is 0 Å². The summed E-state index contributed by atoms with van der Waals surface area (Å²) in [6.45, 7) is 0. The fourth-order valence-electron chi connectivity index (χ4n) is 1.55. The van der Waals surface area contributed by atoms with E-state index in [9.17, 15) is 8.42 Å². The zero-order valence-electron chi connectivity index (χ0n) is 10.3. The van der Waals surface area contributed by atoms with Gasteiger partial charge in [-0.2, -0.15) is 5.26 Å². The van der Waals surface area contributed by atoms with E-state index in [1.165, 1.54) is 36.4 Å². The molecule has 0 heterocycles. The lowest BCUT2D eigenvalue weighted by Crippen LogP contribution is -2.14. The molecular weight excluding hydrogens is 355 g/mol. The first kappa shape index (κ1) is 15.9. The lowest BCUT2D eigenvalue weighted by atomic mass is 10.2. The fourth-order valence-corrected chi connectivity index (χ4v) is 3.54. The highest BCUT2D eigenvalue weighted by molar-refractivity contribution is 7.92. The van der Waals surface area contributed by atoms with Gasteiger partial charge in [-0.3, -0.25) is 4.72 Å². The number of sulfonamides is 1. The van der Waals surface area contributed by atoms with E-state index in [4.69, 9.17) is 40.1 Å². The number of halogens is 3. The third-order valence-electron chi connectivity index (χ3n) is 2.52. The van der Waals surface area contributed by atoms with Crippen LogP contribution in [0.3, 0.4) is 0 Å². The molecular formula is C13H7Cl3N2O2S. The number of rotatable bonds is 3. The molecule has 0 saturated carbocycles. The van der Waals surface area contributed by atoms with Crippen LogP contribution in [0.4, 0.5) is 5.69 Å². The summed E-state index contributed by atoms with van der Waals surface area (Å²) in [6, 6.07) is 10.2. The molecule has 0 saturated heterocycles. The molecule has 0 atom stereocenters. The van der Waals surface area contributed by atoms with E-state index >= 15 is 0 Å². The molecule has 0 radical (unpaired) electrons. The molecule has 0 amide bonds. The minimum atomic E-state index is -3.99. The van der Waals surface area contributed by atoms with Gasteiger partial charge in [0.1, 0.15) is 4.90 Å². The zero-order chi connectivity index (χ0) is 15.6. The van der Waals surface area contributed by atoms with Crippen molar-refractivity contribution in [2.45, 2.75) is 4.90 Å². The minimum Gasteiger partial charge on any atom is -0.278 e. The van der Waals surface area contributed by atoms with E-state index in [2.05, 4.69) is 4.72 Å². The molecule has 2 aromatic carbocycles. The lowest BCUT2D eigenvalue weighted by Gasteiger charge is -2.11. The van der Waals surface area contributed by atoms with Crippen LogP contribution in [-0.2, 0) is 10.0 Å². The summed E-state index contributed by atoms with van der Waals surface area (Å²) in [7, 11) is -3.99. The molecule has 2 rings (SSSR count). The van der Waals surface area contributed by atoms with Crippen LogP contribution in [0, 0.1) is 11.3 Å². The molecule has 8 heteroatoms. The second kappa shape index (κ2) is 6.12. The van der Waals surface area contributed by atoms with Crippen LogP contribution in [-0.4, -0.2) is 8.42 Å². The van der Waals surface area contributed by atoms with E-state index in [1.807, 2.05) is 6.07 Å². The number of hydrogen-bond donors (Lipinski definition) is 1. The monoisotopic (exact) mass is 360 g/mol. The molecule has 2 aromatic rings. The summed E-state index contributed by atoms with van der Waals surface area (Å²) in [5.41, 5.74) is 0.305. The third-order valence-corrected chi connectivity index (χ3v) is 4.93. The number of nitrogens with one attached hydrogen (secondary N) is 1. The first-order valence-electron chi connectivity index (χ1n) is 5.51. The first-order valence-corrected chi connectivity index (χ1v) is 8.13. The van der Waals surface area contributed by atoms with Crippen molar-refractivity contribution in [3.63, 3.8) is 0 Å². The van der Waals surface area contributed by atoms with Crippen molar-refractivity contribution in [3.8, 4) is 6.07 Å². The topological polar surface area (TPSA) is 70.0 Å². The third kappa shape index (κ3) is 3.60. The maximum atomic E-state index is 12.3. The molecule has 0 aliphatic carbocycles. The fraction of sp³-hybridized carbons (Fsp3) is 0. The Kier molecular flexibility index (Phi) is 4.64. The van der Waals surface area contributed by atoms with E-state index in [0.717, 1.165) is 0 Å². The molecule has 0 aliphatic rings. The maximum absolute atomic E-state index is 12.3. The highest BCUT2D eigenvalue weighted by atomic mass is 35.5. The van der Waals surface area contributed by atoms with Gasteiger partial charge in [0, 0.05) is 5.02 Å². The number of anilines is 1. The number of hydrogen-bond acceptors (Lipinski definition) is 3. The molecule has 0 aromatic heterocycles. The van der Waals surface area contributed by atoms with Crippen LogP contribution >= 0.6 is 34.8 Å². The summed E-state index contributed by atoms with van der Waals surface area (Å²) in [5.74, 6) is 0. The predicted molar refractivity (Wildman–Crippen MR) is 83.4 cm³/mol. The molecule has 21 heavy (non-hydrogen) atoms. The molecule has 0 fully saturated rings. The summed E-state index contributed by atoms with van der Waals surface area (Å²) >= 11 is 17.6. The molecule has 0 aliphatic heterocycles. The highest BCUT2D eigenvalue weighted by Gasteiger charge is 2.20. The van der Waals surface area contributed by atoms with Gasteiger partial charge in [-0.25, -0.2) is 8.42 Å². The predicted octanol–water partition coefficient (Wildman–Crippen LogP) is 4.32. The Morgan fingerprint density at radius 1 is 1.00 bits per heavy atom. The average molecular weight is 362 g/mol. The summed E-state index contributed by atoms with van der Waals surface area (Å²) < 4.78 is 27.0. The van der Waals surface area contributed by atoms with Gasteiger partial charge >= 0.3 is 0 Å². The van der Waals surface area contributed by atoms with Crippen molar-refractivity contribution < 1.29 is 8.42 Å². The molecule has 0 unspecified atom stereocenters. The van der Waals surface area contributed by atoms with Crippen molar-refractivity contribution >= 4 is 50.5 Å². The van der Waals surface area contributed by atoms with Crippen LogP contribution in [0.15, 0.2) is 41.3 Å². The minimum absolute atomic E-state index is 0.000324. The van der Waals surface area contributed by atoms with Gasteiger partial charge in [0.2, 0.25) is 0 Å². The normalized spacial score (nSPS) is 11.0. The standard InChI is InChI=1S/C13H7Cl3N2O2S/c14-9-2-4-10(15)12(6-9)18-21(19,20)13-5-8(7-17)1-3-11(13)16/h1-6,18H. The Morgan fingerprint density at radius 2 is 1.67 bits per heavy atom. The summed E-state index contributed by atoms with van der Waals surface area (Å²) in [5, 5.41) is 9.36. The molecule has 1 N–H and O–H groups in total. The van der Waals surface area contributed by atoms with Gasteiger partial charge in [0.25, 0.3) is 10.0 Å². The largest absolute Gasteiger partial charge is 0.278 e. The number of nitrogens with zero attached hydrogens (tertiary/aromatic N) is 1. The van der Waals surface area contributed by atoms with Crippen LogP contribution < -0.4 is 4.72 Å². The average Bonchev–Trinajstić information content (AvgIpc) is 2.43. The van der Waals surface area contributed by atoms with Gasteiger partial charge in [0.05, 0.1) is 27.4 Å². The zero-order valence-corrected chi connectivity index (χ0v) is 13.4. The Balaban J connectivity index is 2.48. The van der Waals surface area contributed by atoms with Crippen LogP contribution in [0.25, 0.3) is 0 Å². The number of nitriles is 1. The molecule has 108 valence electrons. The highest BCUT2D eigenvalue weighted by Crippen LogP contribution is 2.30. The van der Waals surface area contributed by atoms with Gasteiger partial charge in [0.15, 0.2) is 0 Å². The maximum Gasteiger partial charge on any atom is 0.263 e. The SMILES string of the molecule is N#Cc1ccc(Cl)c(S(=O)(=O)Nc2cc(Cl)ccc2Cl)c1.